The van der Waals surface area contributed by atoms with Gasteiger partial charge in [-0.2, -0.15) is 0 Å². The molecule has 1 aromatic carbocycles. The fourth-order valence-corrected chi connectivity index (χ4v) is 2.05. The van der Waals surface area contributed by atoms with Crippen LogP contribution in [0.4, 0.5) is 10.1 Å². The lowest BCUT2D eigenvalue weighted by Gasteiger charge is -2.17. The molecule has 0 spiro atoms. The van der Waals surface area contributed by atoms with Crippen molar-refractivity contribution in [3.63, 3.8) is 0 Å². The molecular formula is C12H17FN2O3S. The van der Waals surface area contributed by atoms with Crippen molar-refractivity contribution in [3.8, 4) is 0 Å². The molecule has 0 aliphatic carbocycles. The van der Waals surface area contributed by atoms with E-state index in [9.17, 15) is 17.6 Å². The largest absolute Gasteiger partial charge is 0.398 e. The zero-order valence-electron chi connectivity index (χ0n) is 11.1. The number of nitrogens with two attached hydrogens (primary N) is 1. The Morgan fingerprint density at radius 1 is 1.42 bits per heavy atom. The molecule has 0 aromatic heterocycles. The zero-order chi connectivity index (χ0) is 14.8. The summed E-state index contributed by atoms with van der Waals surface area (Å²) in [5, 5.41) is 0. The van der Waals surface area contributed by atoms with E-state index in [1.165, 1.54) is 24.9 Å². The average molecular weight is 288 g/mol. The fourth-order valence-electron chi connectivity index (χ4n) is 1.45. The first-order chi connectivity index (χ1) is 8.61. The van der Waals surface area contributed by atoms with Gasteiger partial charge in [-0.15, -0.1) is 0 Å². The van der Waals surface area contributed by atoms with Gasteiger partial charge in [0.2, 0.25) is 0 Å². The van der Waals surface area contributed by atoms with Crippen LogP contribution in [0, 0.1) is 12.7 Å². The molecule has 1 rings (SSSR count). The summed E-state index contributed by atoms with van der Waals surface area (Å²) < 4.78 is 35.6. The number of carbonyl (C=O) groups excluding carboxylic acids is 1. The molecule has 5 nitrogen and oxygen atoms in total. The Morgan fingerprint density at radius 3 is 2.47 bits per heavy atom. The van der Waals surface area contributed by atoms with E-state index in [4.69, 9.17) is 5.73 Å². The molecule has 106 valence electrons. The zero-order valence-corrected chi connectivity index (χ0v) is 11.9. The quantitative estimate of drug-likeness (QED) is 0.832. The van der Waals surface area contributed by atoms with Crippen molar-refractivity contribution in [2.24, 2.45) is 0 Å². The van der Waals surface area contributed by atoms with Crippen LogP contribution < -0.4 is 5.73 Å². The normalized spacial score (nSPS) is 11.4. The number of nitrogens with zero attached hydrogens (tertiary/aromatic N) is 1. The predicted octanol–water partition coefficient (Wildman–Crippen LogP) is 0.833. The Morgan fingerprint density at radius 2 is 2.00 bits per heavy atom. The molecule has 1 aromatic rings. The Bertz CT molecular complexity index is 576. The highest BCUT2D eigenvalue weighted by Gasteiger charge is 2.16. The van der Waals surface area contributed by atoms with Crippen LogP contribution in [0.1, 0.15) is 15.9 Å². The van der Waals surface area contributed by atoms with Gasteiger partial charge in [0, 0.05) is 36.7 Å². The topological polar surface area (TPSA) is 80.5 Å². The van der Waals surface area contributed by atoms with Gasteiger partial charge in [-0.05, 0) is 19.1 Å². The van der Waals surface area contributed by atoms with Crippen LogP contribution in [0.5, 0.6) is 0 Å². The number of nitrogen functional groups attached to an aromatic ring is 1. The van der Waals surface area contributed by atoms with Gasteiger partial charge in [0.15, 0.2) is 0 Å². The lowest BCUT2D eigenvalue weighted by Crippen LogP contribution is -2.31. The number of halogens is 1. The van der Waals surface area contributed by atoms with Crippen molar-refractivity contribution >= 4 is 21.4 Å². The molecule has 1 amide bonds. The highest BCUT2D eigenvalue weighted by molar-refractivity contribution is 7.90. The lowest BCUT2D eigenvalue weighted by atomic mass is 10.1. The Hall–Kier alpha value is -1.63. The van der Waals surface area contributed by atoms with Gasteiger partial charge in [0.25, 0.3) is 5.91 Å². The van der Waals surface area contributed by atoms with Gasteiger partial charge >= 0.3 is 0 Å². The van der Waals surface area contributed by atoms with Crippen LogP contribution in [0.3, 0.4) is 0 Å². The second-order valence-electron chi connectivity index (χ2n) is 4.53. The van der Waals surface area contributed by atoms with Crippen LogP contribution in [-0.2, 0) is 9.84 Å². The maximum Gasteiger partial charge on any atom is 0.253 e. The smallest absolute Gasteiger partial charge is 0.253 e. The summed E-state index contributed by atoms with van der Waals surface area (Å²) in [6.07, 6.45) is 1.09. The Labute approximate surface area is 112 Å². The van der Waals surface area contributed by atoms with E-state index in [2.05, 4.69) is 0 Å². The predicted molar refractivity (Wildman–Crippen MR) is 72.2 cm³/mol. The molecule has 0 radical (unpaired) electrons. The number of anilines is 1. The molecule has 7 heteroatoms. The van der Waals surface area contributed by atoms with Gasteiger partial charge < -0.3 is 10.6 Å². The SMILES string of the molecule is Cc1c(N)cc(C(=O)N(C)CCS(C)(=O)=O)cc1F. The van der Waals surface area contributed by atoms with Crippen LogP contribution in [0.25, 0.3) is 0 Å². The first kappa shape index (κ1) is 15.4. The molecule has 0 aliphatic rings. The highest BCUT2D eigenvalue weighted by Crippen LogP contribution is 2.18. The lowest BCUT2D eigenvalue weighted by molar-refractivity contribution is 0.0803. The maximum absolute atomic E-state index is 13.5. The first-order valence-electron chi connectivity index (χ1n) is 5.60. The van der Waals surface area contributed by atoms with Gasteiger partial charge in [-0.1, -0.05) is 0 Å². The van der Waals surface area contributed by atoms with E-state index in [0.717, 1.165) is 12.3 Å². The molecule has 0 unspecified atom stereocenters. The number of rotatable bonds is 4. The van der Waals surface area contributed by atoms with Crippen LogP contribution in [-0.4, -0.2) is 44.8 Å². The number of amides is 1. The minimum atomic E-state index is -3.15. The summed E-state index contributed by atoms with van der Waals surface area (Å²) in [4.78, 5) is 13.2. The summed E-state index contributed by atoms with van der Waals surface area (Å²) in [7, 11) is -1.69. The summed E-state index contributed by atoms with van der Waals surface area (Å²) in [5.41, 5.74) is 6.19. The monoisotopic (exact) mass is 288 g/mol. The molecule has 0 saturated heterocycles. The van der Waals surface area contributed by atoms with E-state index >= 15 is 0 Å². The summed E-state index contributed by atoms with van der Waals surface area (Å²) in [5.74, 6) is -1.16. The van der Waals surface area contributed by atoms with Crippen LogP contribution >= 0.6 is 0 Å². The summed E-state index contributed by atoms with van der Waals surface area (Å²) in [6.45, 7) is 1.57. The van der Waals surface area contributed by atoms with E-state index in [0.29, 0.717) is 0 Å². The average Bonchev–Trinajstić information content (AvgIpc) is 2.30. The van der Waals surface area contributed by atoms with Crippen LogP contribution in [0.15, 0.2) is 12.1 Å². The first-order valence-corrected chi connectivity index (χ1v) is 7.66. The molecule has 0 aliphatic heterocycles. The van der Waals surface area contributed by atoms with Crippen molar-refractivity contribution in [3.05, 3.63) is 29.1 Å². The van der Waals surface area contributed by atoms with Gasteiger partial charge in [-0.25, -0.2) is 12.8 Å². The van der Waals surface area contributed by atoms with Crippen molar-refractivity contribution in [2.45, 2.75) is 6.92 Å². The second-order valence-corrected chi connectivity index (χ2v) is 6.79. The van der Waals surface area contributed by atoms with Crippen LogP contribution in [0.2, 0.25) is 0 Å². The Kier molecular flexibility index (Phi) is 4.52. The van der Waals surface area contributed by atoms with Gasteiger partial charge in [0.1, 0.15) is 15.7 Å². The summed E-state index contributed by atoms with van der Waals surface area (Å²) in [6, 6.07) is 2.49. The van der Waals surface area contributed by atoms with Crippen molar-refractivity contribution in [1.29, 1.82) is 0 Å². The minimum absolute atomic E-state index is 0.0487. The Balaban J connectivity index is 2.89. The number of benzene rings is 1. The van der Waals surface area contributed by atoms with E-state index in [1.807, 2.05) is 0 Å². The third-order valence-electron chi connectivity index (χ3n) is 2.78. The van der Waals surface area contributed by atoms with Crippen molar-refractivity contribution in [1.82, 2.24) is 4.90 Å². The number of hydrogen-bond acceptors (Lipinski definition) is 4. The van der Waals surface area contributed by atoms with E-state index in [1.54, 1.807) is 0 Å². The third-order valence-corrected chi connectivity index (χ3v) is 3.70. The summed E-state index contributed by atoms with van der Waals surface area (Å²) >= 11 is 0. The van der Waals surface area contributed by atoms with E-state index in [-0.39, 0.29) is 29.1 Å². The standard InChI is InChI=1S/C12H17FN2O3S/c1-8-10(13)6-9(7-11(8)14)12(16)15(2)4-5-19(3,17)18/h6-7H,4-5,14H2,1-3H3. The number of carbonyl (C=O) groups is 1. The molecule has 0 heterocycles. The maximum atomic E-state index is 13.5. The number of hydrogen-bond donors (Lipinski definition) is 1. The molecule has 19 heavy (non-hydrogen) atoms. The second kappa shape index (κ2) is 5.56. The molecular weight excluding hydrogens is 271 g/mol. The molecule has 0 fully saturated rings. The molecule has 0 atom stereocenters. The molecule has 2 N–H and O–H groups in total. The third kappa shape index (κ3) is 4.20. The molecule has 0 saturated carbocycles. The van der Waals surface area contributed by atoms with Crippen molar-refractivity contribution in [2.75, 3.05) is 31.3 Å². The van der Waals surface area contributed by atoms with Gasteiger partial charge in [-0.3, -0.25) is 4.79 Å². The van der Waals surface area contributed by atoms with E-state index < -0.39 is 21.6 Å². The highest BCUT2D eigenvalue weighted by atomic mass is 32.2. The molecule has 0 bridgehead atoms. The van der Waals surface area contributed by atoms with Crippen molar-refractivity contribution < 1.29 is 17.6 Å². The minimum Gasteiger partial charge on any atom is -0.398 e. The fraction of sp³-hybridized carbons (Fsp3) is 0.417. The number of sulfone groups is 1. The van der Waals surface area contributed by atoms with Gasteiger partial charge in [0.05, 0.1) is 5.75 Å².